The molecule has 1 aliphatic heterocycles. The minimum absolute atomic E-state index is 0.0203. The molecule has 0 unspecified atom stereocenters. The summed E-state index contributed by atoms with van der Waals surface area (Å²) in [5.41, 5.74) is 1.35. The summed E-state index contributed by atoms with van der Waals surface area (Å²) in [6, 6.07) is 6.60. The first kappa shape index (κ1) is 16.9. The van der Waals surface area contributed by atoms with Crippen molar-refractivity contribution < 1.29 is 9.18 Å². The lowest BCUT2D eigenvalue weighted by molar-refractivity contribution is -0.120. The standard InChI is InChI=1S/C17H21FN6O/c1-19-17(20-9-13-5-3-4-6-15(13)18)23-7-8-24(16(25)12-23)14-10-21-22(2)11-14/h3-6,10-11H,7-9,12H2,1-2H3,(H,19,20). The first-order valence-electron chi connectivity index (χ1n) is 8.06. The molecule has 0 spiro atoms. The number of guanidine groups is 1. The van der Waals surface area contributed by atoms with Crippen LogP contribution in [0.25, 0.3) is 0 Å². The van der Waals surface area contributed by atoms with E-state index in [0.717, 1.165) is 5.69 Å². The predicted molar refractivity (Wildman–Crippen MR) is 93.7 cm³/mol. The maximum atomic E-state index is 13.7. The van der Waals surface area contributed by atoms with Gasteiger partial charge in [0, 0.05) is 45.5 Å². The molecule has 25 heavy (non-hydrogen) atoms. The number of hydrogen-bond acceptors (Lipinski definition) is 3. The van der Waals surface area contributed by atoms with Crippen LogP contribution in [0.4, 0.5) is 10.1 Å². The molecule has 1 N–H and O–H groups in total. The maximum absolute atomic E-state index is 13.7. The highest BCUT2D eigenvalue weighted by Gasteiger charge is 2.27. The van der Waals surface area contributed by atoms with Gasteiger partial charge in [-0.15, -0.1) is 0 Å². The molecule has 1 aliphatic rings. The SMILES string of the molecule is CN=C(NCc1ccccc1F)N1CCN(c2cnn(C)c2)C(=O)C1. The molecule has 0 aliphatic carbocycles. The van der Waals surface area contributed by atoms with E-state index in [4.69, 9.17) is 0 Å². The number of aromatic nitrogens is 2. The van der Waals surface area contributed by atoms with E-state index >= 15 is 0 Å². The second-order valence-electron chi connectivity index (χ2n) is 5.83. The van der Waals surface area contributed by atoms with Gasteiger partial charge in [-0.2, -0.15) is 5.10 Å². The van der Waals surface area contributed by atoms with Crippen LogP contribution in [0.15, 0.2) is 41.7 Å². The Labute approximate surface area is 145 Å². The van der Waals surface area contributed by atoms with Gasteiger partial charge in [-0.3, -0.25) is 14.5 Å². The molecule has 132 valence electrons. The van der Waals surface area contributed by atoms with Gasteiger partial charge in [-0.05, 0) is 6.07 Å². The van der Waals surface area contributed by atoms with Crippen molar-refractivity contribution in [3.05, 3.63) is 48.0 Å². The Balaban J connectivity index is 1.62. The van der Waals surface area contributed by atoms with Crippen molar-refractivity contribution in [1.29, 1.82) is 0 Å². The molecule has 7 nitrogen and oxygen atoms in total. The molecule has 0 bridgehead atoms. The van der Waals surface area contributed by atoms with Gasteiger partial charge in [0.2, 0.25) is 5.91 Å². The van der Waals surface area contributed by atoms with E-state index in [0.29, 0.717) is 31.2 Å². The fraction of sp³-hybridized carbons (Fsp3) is 0.353. The second-order valence-corrected chi connectivity index (χ2v) is 5.83. The van der Waals surface area contributed by atoms with Crippen LogP contribution < -0.4 is 10.2 Å². The Morgan fingerprint density at radius 1 is 1.36 bits per heavy atom. The zero-order valence-electron chi connectivity index (χ0n) is 14.3. The van der Waals surface area contributed by atoms with Crippen LogP contribution in [0.3, 0.4) is 0 Å². The van der Waals surface area contributed by atoms with E-state index in [2.05, 4.69) is 15.4 Å². The Morgan fingerprint density at radius 2 is 2.16 bits per heavy atom. The summed E-state index contributed by atoms with van der Waals surface area (Å²) >= 11 is 0. The number of aryl methyl sites for hydroxylation is 1. The molecule has 1 amide bonds. The fourth-order valence-electron chi connectivity index (χ4n) is 2.82. The van der Waals surface area contributed by atoms with Crippen LogP contribution in [0.1, 0.15) is 5.56 Å². The summed E-state index contributed by atoms with van der Waals surface area (Å²) in [4.78, 5) is 20.3. The summed E-state index contributed by atoms with van der Waals surface area (Å²) in [5.74, 6) is 0.304. The third-order valence-electron chi connectivity index (χ3n) is 4.13. The summed E-state index contributed by atoms with van der Waals surface area (Å²) in [6.45, 7) is 1.71. The van der Waals surface area contributed by atoms with Crippen LogP contribution in [0.5, 0.6) is 0 Å². The van der Waals surface area contributed by atoms with Crippen molar-refractivity contribution in [2.75, 3.05) is 31.6 Å². The Hall–Kier alpha value is -2.90. The molecule has 2 heterocycles. The molecule has 1 aromatic carbocycles. The first-order chi connectivity index (χ1) is 12.1. The van der Waals surface area contributed by atoms with Gasteiger partial charge >= 0.3 is 0 Å². The van der Waals surface area contributed by atoms with Crippen LogP contribution in [-0.4, -0.2) is 53.2 Å². The van der Waals surface area contributed by atoms with E-state index < -0.39 is 0 Å². The molecule has 0 saturated carbocycles. The normalized spacial score (nSPS) is 15.6. The molecule has 1 saturated heterocycles. The number of nitrogens with zero attached hydrogens (tertiary/aromatic N) is 5. The lowest BCUT2D eigenvalue weighted by Gasteiger charge is -2.35. The lowest BCUT2D eigenvalue weighted by Crippen LogP contribution is -2.55. The minimum Gasteiger partial charge on any atom is -0.352 e. The molecule has 8 heteroatoms. The fourth-order valence-corrected chi connectivity index (χ4v) is 2.82. The van der Waals surface area contributed by atoms with Crippen LogP contribution in [0.2, 0.25) is 0 Å². The zero-order valence-corrected chi connectivity index (χ0v) is 14.3. The average molecular weight is 344 g/mol. The Bertz CT molecular complexity index is 787. The summed E-state index contributed by atoms with van der Waals surface area (Å²) in [7, 11) is 3.47. The minimum atomic E-state index is -0.261. The summed E-state index contributed by atoms with van der Waals surface area (Å²) < 4.78 is 15.4. The first-order valence-corrected chi connectivity index (χ1v) is 8.06. The predicted octanol–water partition coefficient (Wildman–Crippen LogP) is 0.983. The van der Waals surface area contributed by atoms with Gasteiger partial charge in [0.15, 0.2) is 5.96 Å². The van der Waals surface area contributed by atoms with Crippen LogP contribution >= 0.6 is 0 Å². The number of anilines is 1. The Morgan fingerprint density at radius 3 is 2.80 bits per heavy atom. The van der Waals surface area contributed by atoms with Crippen LogP contribution in [-0.2, 0) is 18.4 Å². The summed E-state index contributed by atoms with van der Waals surface area (Å²) in [6.07, 6.45) is 3.50. The summed E-state index contributed by atoms with van der Waals surface area (Å²) in [5, 5.41) is 7.23. The molecule has 0 atom stereocenters. The number of nitrogens with one attached hydrogen (secondary N) is 1. The number of carbonyl (C=O) groups excluding carboxylic acids is 1. The molecule has 3 rings (SSSR count). The molecule has 2 aromatic rings. The number of aliphatic imine (C=N–C) groups is 1. The Kier molecular flexibility index (Phi) is 4.97. The lowest BCUT2D eigenvalue weighted by atomic mass is 10.2. The van der Waals surface area contributed by atoms with E-state index in [-0.39, 0.29) is 18.3 Å². The van der Waals surface area contributed by atoms with Crippen LogP contribution in [0, 0.1) is 5.82 Å². The molecular formula is C17H21FN6O. The van der Waals surface area contributed by atoms with E-state index in [1.807, 2.05) is 18.1 Å². The number of benzene rings is 1. The number of halogens is 1. The van der Waals surface area contributed by atoms with Gasteiger partial charge in [0.05, 0.1) is 11.9 Å². The van der Waals surface area contributed by atoms with Crippen molar-refractivity contribution in [3.8, 4) is 0 Å². The van der Waals surface area contributed by atoms with E-state index in [1.54, 1.807) is 41.0 Å². The molecule has 1 aromatic heterocycles. The second kappa shape index (κ2) is 7.33. The van der Waals surface area contributed by atoms with Crippen molar-refractivity contribution in [1.82, 2.24) is 20.0 Å². The highest BCUT2D eigenvalue weighted by atomic mass is 19.1. The number of carbonyl (C=O) groups is 1. The average Bonchev–Trinajstić information content (AvgIpc) is 3.03. The van der Waals surface area contributed by atoms with Gasteiger partial charge < -0.3 is 15.1 Å². The largest absolute Gasteiger partial charge is 0.352 e. The molecular weight excluding hydrogens is 323 g/mol. The zero-order chi connectivity index (χ0) is 17.8. The van der Waals surface area contributed by atoms with Gasteiger partial charge in [-0.1, -0.05) is 18.2 Å². The quantitative estimate of drug-likeness (QED) is 0.666. The van der Waals surface area contributed by atoms with Crippen molar-refractivity contribution in [3.63, 3.8) is 0 Å². The van der Waals surface area contributed by atoms with Gasteiger partial charge in [0.1, 0.15) is 12.4 Å². The van der Waals surface area contributed by atoms with Crippen molar-refractivity contribution in [2.45, 2.75) is 6.54 Å². The topological polar surface area (TPSA) is 65.8 Å². The molecule has 0 radical (unpaired) electrons. The smallest absolute Gasteiger partial charge is 0.246 e. The maximum Gasteiger partial charge on any atom is 0.246 e. The van der Waals surface area contributed by atoms with E-state index in [9.17, 15) is 9.18 Å². The monoisotopic (exact) mass is 344 g/mol. The highest BCUT2D eigenvalue weighted by molar-refractivity contribution is 5.98. The van der Waals surface area contributed by atoms with Gasteiger partial charge in [0.25, 0.3) is 0 Å². The molecule has 1 fully saturated rings. The number of piperazine rings is 1. The number of hydrogen-bond donors (Lipinski definition) is 1. The van der Waals surface area contributed by atoms with Crippen molar-refractivity contribution in [2.24, 2.45) is 12.0 Å². The van der Waals surface area contributed by atoms with Gasteiger partial charge in [-0.25, -0.2) is 4.39 Å². The highest BCUT2D eigenvalue weighted by Crippen LogP contribution is 2.16. The van der Waals surface area contributed by atoms with E-state index in [1.165, 1.54) is 6.07 Å². The third-order valence-corrected chi connectivity index (χ3v) is 4.13. The number of amides is 1. The number of rotatable bonds is 3. The van der Waals surface area contributed by atoms with Crippen molar-refractivity contribution >= 4 is 17.6 Å². The third kappa shape index (κ3) is 3.78.